The molecule has 0 aliphatic rings. The number of guanidine groups is 1. The van der Waals surface area contributed by atoms with E-state index in [1.54, 1.807) is 55.4 Å². The fourth-order valence-corrected chi connectivity index (χ4v) is 1.93. The molecule has 1 unspecified atom stereocenters. The quantitative estimate of drug-likeness (QED) is 0.406. The lowest BCUT2D eigenvalue weighted by Crippen LogP contribution is -2.31. The molecule has 0 fully saturated rings. The van der Waals surface area contributed by atoms with Crippen molar-refractivity contribution in [3.05, 3.63) is 54.1 Å². The van der Waals surface area contributed by atoms with Gasteiger partial charge in [-0.1, -0.05) is 18.2 Å². The number of benzene rings is 1. The first-order chi connectivity index (χ1) is 10.5. The second-order valence-corrected chi connectivity index (χ2v) is 4.93. The maximum atomic E-state index is 13.8. The van der Waals surface area contributed by atoms with E-state index in [0.29, 0.717) is 23.0 Å². The molecular formula is C16H17FN4O. The van der Waals surface area contributed by atoms with Crippen LogP contribution in [-0.4, -0.2) is 36.2 Å². The average molecular weight is 300 g/mol. The van der Waals surface area contributed by atoms with Crippen molar-refractivity contribution >= 4 is 12.2 Å². The molecule has 2 rings (SSSR count). The fourth-order valence-electron chi connectivity index (χ4n) is 1.93. The molecule has 0 saturated heterocycles. The van der Waals surface area contributed by atoms with Gasteiger partial charge in [-0.3, -0.25) is 0 Å². The first-order valence-corrected chi connectivity index (χ1v) is 6.69. The summed E-state index contributed by atoms with van der Waals surface area (Å²) in [6.07, 6.45) is 2.09. The Morgan fingerprint density at radius 2 is 2.14 bits per heavy atom. The third kappa shape index (κ3) is 3.46. The van der Waals surface area contributed by atoms with Crippen molar-refractivity contribution in [2.75, 3.05) is 14.1 Å². The van der Waals surface area contributed by atoms with Crippen LogP contribution in [0, 0.1) is 5.95 Å². The van der Waals surface area contributed by atoms with E-state index in [-0.39, 0.29) is 5.96 Å². The second kappa shape index (κ2) is 6.80. The Labute approximate surface area is 128 Å². The zero-order valence-electron chi connectivity index (χ0n) is 12.4. The summed E-state index contributed by atoms with van der Waals surface area (Å²) in [6, 6.07) is 9.52. The molecule has 114 valence electrons. The molecule has 22 heavy (non-hydrogen) atoms. The molecule has 0 spiro atoms. The number of pyridine rings is 1. The molecular weight excluding hydrogens is 283 g/mol. The van der Waals surface area contributed by atoms with Crippen LogP contribution in [0.15, 0.2) is 47.6 Å². The van der Waals surface area contributed by atoms with Crippen LogP contribution in [0.4, 0.5) is 4.39 Å². The molecule has 0 saturated carbocycles. The molecule has 0 amide bonds. The molecule has 1 heterocycles. The largest absolute Gasteiger partial charge is 0.370 e. The zero-order chi connectivity index (χ0) is 16.1. The third-order valence-corrected chi connectivity index (χ3v) is 3.16. The number of aldehydes is 1. The molecule has 6 heteroatoms. The van der Waals surface area contributed by atoms with Gasteiger partial charge in [-0.2, -0.15) is 4.39 Å². The molecule has 0 aliphatic heterocycles. The highest BCUT2D eigenvalue weighted by molar-refractivity contribution is 5.80. The molecule has 1 aromatic heterocycles. The SMILES string of the molecule is CN(C)C(N)=NC(C=O)c1cccc(-c2cccnc2F)c1. The van der Waals surface area contributed by atoms with E-state index in [2.05, 4.69) is 9.98 Å². The van der Waals surface area contributed by atoms with Crippen molar-refractivity contribution < 1.29 is 9.18 Å². The highest BCUT2D eigenvalue weighted by Gasteiger charge is 2.13. The van der Waals surface area contributed by atoms with Crippen molar-refractivity contribution in [2.45, 2.75) is 6.04 Å². The number of rotatable bonds is 4. The monoisotopic (exact) mass is 300 g/mol. The van der Waals surface area contributed by atoms with Crippen LogP contribution in [-0.2, 0) is 4.79 Å². The number of hydrogen-bond donors (Lipinski definition) is 1. The van der Waals surface area contributed by atoms with Crippen molar-refractivity contribution in [2.24, 2.45) is 10.7 Å². The zero-order valence-corrected chi connectivity index (χ0v) is 12.4. The topological polar surface area (TPSA) is 71.6 Å². The summed E-state index contributed by atoms with van der Waals surface area (Å²) in [7, 11) is 3.48. The van der Waals surface area contributed by atoms with Crippen molar-refractivity contribution in [1.82, 2.24) is 9.88 Å². The number of aliphatic imine (C=N–C) groups is 1. The van der Waals surface area contributed by atoms with Crippen LogP contribution in [0.25, 0.3) is 11.1 Å². The summed E-state index contributed by atoms with van der Waals surface area (Å²) in [5.74, 6) is -0.311. The highest BCUT2D eigenvalue weighted by Crippen LogP contribution is 2.25. The van der Waals surface area contributed by atoms with Crippen LogP contribution in [0.2, 0.25) is 0 Å². The molecule has 0 radical (unpaired) electrons. The van der Waals surface area contributed by atoms with Gasteiger partial charge in [0.1, 0.15) is 12.3 Å². The van der Waals surface area contributed by atoms with Crippen molar-refractivity contribution in [3.63, 3.8) is 0 Å². The number of halogens is 1. The maximum absolute atomic E-state index is 13.8. The van der Waals surface area contributed by atoms with E-state index in [1.807, 2.05) is 0 Å². The van der Waals surface area contributed by atoms with Crippen LogP contribution in [0.3, 0.4) is 0 Å². The van der Waals surface area contributed by atoms with Gasteiger partial charge in [0.2, 0.25) is 5.95 Å². The first-order valence-electron chi connectivity index (χ1n) is 6.69. The van der Waals surface area contributed by atoms with Gasteiger partial charge in [0.25, 0.3) is 0 Å². The third-order valence-electron chi connectivity index (χ3n) is 3.16. The molecule has 2 aromatic rings. The smallest absolute Gasteiger partial charge is 0.220 e. The molecule has 1 atom stereocenters. The Bertz CT molecular complexity index is 700. The van der Waals surface area contributed by atoms with Gasteiger partial charge >= 0.3 is 0 Å². The van der Waals surface area contributed by atoms with Crippen LogP contribution in [0.5, 0.6) is 0 Å². The molecule has 2 N–H and O–H groups in total. The normalized spacial score (nSPS) is 12.8. The number of carbonyl (C=O) groups excluding carboxylic acids is 1. The lowest BCUT2D eigenvalue weighted by molar-refractivity contribution is -0.108. The van der Waals surface area contributed by atoms with E-state index in [9.17, 15) is 9.18 Å². The summed E-state index contributed by atoms with van der Waals surface area (Å²) < 4.78 is 13.8. The molecule has 1 aromatic carbocycles. The van der Waals surface area contributed by atoms with Crippen LogP contribution >= 0.6 is 0 Å². The van der Waals surface area contributed by atoms with Gasteiger partial charge < -0.3 is 15.4 Å². The Morgan fingerprint density at radius 3 is 2.77 bits per heavy atom. The predicted molar refractivity (Wildman–Crippen MR) is 83.7 cm³/mol. The summed E-state index contributed by atoms with van der Waals surface area (Å²) >= 11 is 0. The Hall–Kier alpha value is -2.76. The lowest BCUT2D eigenvalue weighted by atomic mass is 10.0. The van der Waals surface area contributed by atoms with Gasteiger partial charge in [0.15, 0.2) is 5.96 Å². The van der Waals surface area contributed by atoms with E-state index in [1.165, 1.54) is 6.20 Å². The lowest BCUT2D eigenvalue weighted by Gasteiger charge is -2.14. The number of carbonyl (C=O) groups is 1. The van der Waals surface area contributed by atoms with Gasteiger partial charge in [-0.05, 0) is 29.3 Å². The van der Waals surface area contributed by atoms with Gasteiger partial charge in [-0.15, -0.1) is 0 Å². The standard InChI is InChI=1S/C16H17FN4O/c1-21(2)16(18)20-14(10-22)12-6-3-5-11(9-12)13-7-4-8-19-15(13)17/h3-10,14H,1-2H3,(H2,18,20). The van der Waals surface area contributed by atoms with E-state index >= 15 is 0 Å². The fraction of sp³-hybridized carbons (Fsp3) is 0.188. The second-order valence-electron chi connectivity index (χ2n) is 4.93. The number of nitrogens with two attached hydrogens (primary N) is 1. The minimum absolute atomic E-state index is 0.245. The first kappa shape index (κ1) is 15.6. The van der Waals surface area contributed by atoms with Crippen molar-refractivity contribution in [3.8, 4) is 11.1 Å². The van der Waals surface area contributed by atoms with Crippen molar-refractivity contribution in [1.29, 1.82) is 0 Å². The van der Waals surface area contributed by atoms with E-state index < -0.39 is 12.0 Å². The summed E-state index contributed by atoms with van der Waals surface area (Å²) in [5.41, 5.74) is 7.40. The highest BCUT2D eigenvalue weighted by atomic mass is 19.1. The molecule has 0 bridgehead atoms. The number of nitrogens with zero attached hydrogens (tertiary/aromatic N) is 3. The summed E-state index contributed by atoms with van der Waals surface area (Å²) in [5, 5.41) is 0. The summed E-state index contributed by atoms with van der Waals surface area (Å²) in [4.78, 5) is 20.7. The van der Waals surface area contributed by atoms with Crippen LogP contribution in [0.1, 0.15) is 11.6 Å². The number of aromatic nitrogens is 1. The molecule has 0 aliphatic carbocycles. The van der Waals surface area contributed by atoms with Crippen LogP contribution < -0.4 is 5.73 Å². The van der Waals surface area contributed by atoms with Gasteiger partial charge in [0.05, 0.1) is 0 Å². The minimum atomic E-state index is -0.734. The number of hydrogen-bond acceptors (Lipinski definition) is 3. The summed E-state index contributed by atoms with van der Waals surface area (Å²) in [6.45, 7) is 0. The van der Waals surface area contributed by atoms with E-state index in [4.69, 9.17) is 5.73 Å². The predicted octanol–water partition coefficient (Wildman–Crippen LogP) is 2.00. The average Bonchev–Trinajstić information content (AvgIpc) is 2.52. The minimum Gasteiger partial charge on any atom is -0.370 e. The van der Waals surface area contributed by atoms with Gasteiger partial charge in [0, 0.05) is 25.9 Å². The Kier molecular flexibility index (Phi) is 4.83. The Balaban J connectivity index is 2.41. The van der Waals surface area contributed by atoms with Gasteiger partial charge in [-0.25, -0.2) is 9.98 Å². The van der Waals surface area contributed by atoms with E-state index in [0.717, 1.165) is 0 Å². The maximum Gasteiger partial charge on any atom is 0.220 e. The molecule has 5 nitrogen and oxygen atoms in total. The Morgan fingerprint density at radius 1 is 1.36 bits per heavy atom.